The first kappa shape index (κ1) is 15.7. The van der Waals surface area contributed by atoms with Crippen LogP contribution >= 0.6 is 35.0 Å². The van der Waals surface area contributed by atoms with Gasteiger partial charge in [0.1, 0.15) is 4.93 Å². The monoisotopic (exact) mass is 330 g/mol. The van der Waals surface area contributed by atoms with Gasteiger partial charge in [0, 0.05) is 41.2 Å². The molecule has 0 spiro atoms. The molecule has 0 saturated carbocycles. The van der Waals surface area contributed by atoms with Gasteiger partial charge in [-0.15, -0.1) is 11.8 Å². The molecular formula is C14H16Cl2N2OS. The van der Waals surface area contributed by atoms with Crippen molar-refractivity contribution < 1.29 is 5.11 Å². The third-order valence-corrected chi connectivity index (χ3v) is 4.82. The second-order valence-electron chi connectivity index (χ2n) is 4.75. The quantitative estimate of drug-likeness (QED) is 0.806. The molecule has 1 unspecified atom stereocenters. The van der Waals surface area contributed by atoms with Gasteiger partial charge in [-0.1, -0.05) is 29.3 Å². The Morgan fingerprint density at radius 1 is 1.40 bits per heavy atom. The van der Waals surface area contributed by atoms with Crippen molar-refractivity contribution in [1.29, 1.82) is 0 Å². The van der Waals surface area contributed by atoms with E-state index in [1.807, 2.05) is 29.8 Å². The van der Waals surface area contributed by atoms with Crippen LogP contribution in [0.2, 0.25) is 10.0 Å². The number of aliphatic hydroxyl groups is 1. The van der Waals surface area contributed by atoms with Crippen LogP contribution in [0.3, 0.4) is 0 Å². The van der Waals surface area contributed by atoms with Crippen molar-refractivity contribution in [1.82, 2.24) is 9.55 Å². The van der Waals surface area contributed by atoms with Crippen LogP contribution in [0.4, 0.5) is 0 Å². The lowest BCUT2D eigenvalue weighted by Gasteiger charge is -2.23. The summed E-state index contributed by atoms with van der Waals surface area (Å²) in [7, 11) is 0. The lowest BCUT2D eigenvalue weighted by molar-refractivity contribution is 0.141. The highest BCUT2D eigenvalue weighted by Gasteiger charge is 2.21. The van der Waals surface area contributed by atoms with Crippen LogP contribution in [-0.2, 0) is 12.3 Å². The molecule has 108 valence electrons. The Morgan fingerprint density at radius 3 is 2.85 bits per heavy atom. The Hall–Kier alpha value is -0.680. The molecule has 1 aromatic carbocycles. The molecule has 0 amide bonds. The molecule has 0 aliphatic carbocycles. The largest absolute Gasteiger partial charge is 0.380 e. The van der Waals surface area contributed by atoms with Crippen LogP contribution in [0.15, 0.2) is 36.9 Å². The smallest absolute Gasteiger partial charge is 0.109 e. The highest BCUT2D eigenvalue weighted by Crippen LogP contribution is 2.32. The summed E-state index contributed by atoms with van der Waals surface area (Å²) in [5.74, 6) is 0.646. The fraction of sp³-hybridized carbons (Fsp3) is 0.357. The van der Waals surface area contributed by atoms with Crippen molar-refractivity contribution in [3.05, 3.63) is 52.5 Å². The maximum absolute atomic E-state index is 10.4. The van der Waals surface area contributed by atoms with Gasteiger partial charge in [-0.3, -0.25) is 0 Å². The van der Waals surface area contributed by atoms with Crippen molar-refractivity contribution in [2.75, 3.05) is 0 Å². The predicted molar refractivity (Wildman–Crippen MR) is 85.2 cm³/mol. The molecule has 0 fully saturated rings. The summed E-state index contributed by atoms with van der Waals surface area (Å²) in [6.45, 7) is 2.55. The summed E-state index contributed by atoms with van der Waals surface area (Å²) in [5.41, 5.74) is 0.976. The lowest BCUT2D eigenvalue weighted by atomic mass is 10.2. The topological polar surface area (TPSA) is 38.0 Å². The zero-order valence-electron chi connectivity index (χ0n) is 11.1. The van der Waals surface area contributed by atoms with E-state index < -0.39 is 4.93 Å². The first-order valence-corrected chi connectivity index (χ1v) is 7.96. The van der Waals surface area contributed by atoms with E-state index in [2.05, 4.69) is 4.98 Å². The van der Waals surface area contributed by atoms with Gasteiger partial charge in [0.25, 0.3) is 0 Å². The van der Waals surface area contributed by atoms with Crippen molar-refractivity contribution in [3.63, 3.8) is 0 Å². The SMILES string of the molecule is CC(O)(CCn1ccnc1)SCc1ccc(Cl)cc1Cl. The number of benzene rings is 1. The first-order valence-electron chi connectivity index (χ1n) is 6.22. The summed E-state index contributed by atoms with van der Waals surface area (Å²) in [6.07, 6.45) is 6.00. The average Bonchev–Trinajstić information content (AvgIpc) is 2.89. The van der Waals surface area contributed by atoms with Gasteiger partial charge in [0.05, 0.1) is 6.33 Å². The van der Waals surface area contributed by atoms with Gasteiger partial charge in [0.2, 0.25) is 0 Å². The average molecular weight is 331 g/mol. The van der Waals surface area contributed by atoms with Crippen molar-refractivity contribution in [2.24, 2.45) is 0 Å². The number of nitrogens with zero attached hydrogens (tertiary/aromatic N) is 2. The number of hydrogen-bond donors (Lipinski definition) is 1. The first-order chi connectivity index (χ1) is 9.46. The molecule has 0 aliphatic heterocycles. The Bertz CT molecular complexity index is 558. The van der Waals surface area contributed by atoms with E-state index in [4.69, 9.17) is 23.2 Å². The van der Waals surface area contributed by atoms with Crippen molar-refractivity contribution in [3.8, 4) is 0 Å². The Morgan fingerprint density at radius 2 is 2.20 bits per heavy atom. The fourth-order valence-electron chi connectivity index (χ4n) is 1.70. The van der Waals surface area contributed by atoms with E-state index in [0.29, 0.717) is 22.2 Å². The molecule has 20 heavy (non-hydrogen) atoms. The molecule has 3 nitrogen and oxygen atoms in total. The molecule has 0 aliphatic rings. The van der Waals surface area contributed by atoms with E-state index in [1.165, 1.54) is 11.8 Å². The molecule has 2 aromatic rings. The van der Waals surface area contributed by atoms with E-state index in [0.717, 1.165) is 12.1 Å². The third kappa shape index (κ3) is 4.70. The number of hydrogen-bond acceptors (Lipinski definition) is 3. The summed E-state index contributed by atoms with van der Waals surface area (Å²) in [6, 6.07) is 5.42. The van der Waals surface area contributed by atoms with Gasteiger partial charge in [0.15, 0.2) is 0 Å². The second-order valence-corrected chi connectivity index (χ2v) is 7.05. The minimum atomic E-state index is -0.812. The highest BCUT2D eigenvalue weighted by molar-refractivity contribution is 7.99. The maximum Gasteiger partial charge on any atom is 0.109 e. The molecule has 6 heteroatoms. The Balaban J connectivity index is 1.88. The maximum atomic E-state index is 10.4. The van der Waals surface area contributed by atoms with Crippen LogP contribution in [0, 0.1) is 0 Å². The zero-order chi connectivity index (χ0) is 14.6. The predicted octanol–water partition coefficient (Wildman–Crippen LogP) is 4.22. The molecule has 1 atom stereocenters. The number of aryl methyl sites for hydroxylation is 1. The van der Waals surface area contributed by atoms with Crippen LogP contribution in [0.25, 0.3) is 0 Å². The molecule has 1 N–H and O–H groups in total. The van der Waals surface area contributed by atoms with Gasteiger partial charge >= 0.3 is 0 Å². The molecule has 0 radical (unpaired) electrons. The number of rotatable bonds is 6. The molecule has 0 bridgehead atoms. The van der Waals surface area contributed by atoms with E-state index in [9.17, 15) is 5.11 Å². The van der Waals surface area contributed by atoms with E-state index in [-0.39, 0.29) is 0 Å². The van der Waals surface area contributed by atoms with Crippen LogP contribution < -0.4 is 0 Å². The molecule has 1 aromatic heterocycles. The summed E-state index contributed by atoms with van der Waals surface area (Å²) in [5, 5.41) is 11.6. The van der Waals surface area contributed by atoms with Gasteiger partial charge in [-0.25, -0.2) is 4.98 Å². The summed E-state index contributed by atoms with van der Waals surface area (Å²) >= 11 is 13.5. The molecule has 2 rings (SSSR count). The van der Waals surface area contributed by atoms with Crippen LogP contribution in [0.1, 0.15) is 18.9 Å². The van der Waals surface area contributed by atoms with E-state index in [1.54, 1.807) is 18.6 Å². The number of halogens is 2. The summed E-state index contributed by atoms with van der Waals surface area (Å²) < 4.78 is 1.95. The van der Waals surface area contributed by atoms with E-state index >= 15 is 0 Å². The Labute approximate surface area is 132 Å². The zero-order valence-corrected chi connectivity index (χ0v) is 13.4. The number of imidazole rings is 1. The highest BCUT2D eigenvalue weighted by atomic mass is 35.5. The second kappa shape index (κ2) is 6.85. The molecule has 1 heterocycles. The summed E-state index contributed by atoms with van der Waals surface area (Å²) in [4.78, 5) is 3.17. The molecule has 0 saturated heterocycles. The fourth-order valence-corrected chi connectivity index (χ4v) is 3.21. The third-order valence-electron chi connectivity index (χ3n) is 2.95. The lowest BCUT2D eigenvalue weighted by Crippen LogP contribution is -2.21. The Kier molecular flexibility index (Phi) is 5.38. The normalized spacial score (nSPS) is 14.2. The standard InChI is InChI=1S/C14H16Cl2N2OS/c1-14(19,4-6-18-7-5-17-10-18)20-9-11-2-3-12(15)8-13(11)16/h2-3,5,7-8,10,19H,4,6,9H2,1H3. The van der Waals surface area contributed by atoms with Gasteiger partial charge in [-0.2, -0.15) is 0 Å². The minimum Gasteiger partial charge on any atom is -0.380 e. The van der Waals surface area contributed by atoms with Crippen LogP contribution in [-0.4, -0.2) is 19.6 Å². The van der Waals surface area contributed by atoms with Crippen LogP contribution in [0.5, 0.6) is 0 Å². The number of thioether (sulfide) groups is 1. The molecular weight excluding hydrogens is 315 g/mol. The van der Waals surface area contributed by atoms with Crippen molar-refractivity contribution in [2.45, 2.75) is 30.6 Å². The van der Waals surface area contributed by atoms with Gasteiger partial charge < -0.3 is 9.67 Å². The minimum absolute atomic E-state index is 0.621. The van der Waals surface area contributed by atoms with Crippen molar-refractivity contribution >= 4 is 35.0 Å². The number of aromatic nitrogens is 2. The van der Waals surface area contributed by atoms with Gasteiger partial charge in [-0.05, 0) is 24.6 Å².